The predicted octanol–water partition coefficient (Wildman–Crippen LogP) is 0.426. The Morgan fingerprint density at radius 3 is 2.60 bits per heavy atom. The minimum absolute atomic E-state index is 0.171. The summed E-state index contributed by atoms with van der Waals surface area (Å²) in [6.07, 6.45) is -0.0859. The second kappa shape index (κ2) is 4.30. The molecule has 0 radical (unpaired) electrons. The molecule has 3 N–H and O–H groups in total. The van der Waals surface area contributed by atoms with Crippen LogP contribution in [-0.2, 0) is 0 Å². The second-order valence-corrected chi connectivity index (χ2v) is 4.01. The van der Waals surface area contributed by atoms with E-state index in [4.69, 9.17) is 11.6 Å². The first-order chi connectivity index (χ1) is 7.16. The second-order valence-electron chi connectivity index (χ2n) is 3.63. The predicted molar refractivity (Wildman–Crippen MR) is 55.7 cm³/mol. The van der Waals surface area contributed by atoms with Crippen molar-refractivity contribution in [3.05, 3.63) is 17.3 Å². The van der Waals surface area contributed by atoms with Crippen molar-refractivity contribution in [2.45, 2.75) is 31.1 Å². The topological polar surface area (TPSA) is 78.3 Å². The SMILES string of the molecule is O[C@@H]1[C@@H](Nc2ccc(Cl)nn2)CC[C@@H]1O. The Labute approximate surface area is 92.1 Å². The summed E-state index contributed by atoms with van der Waals surface area (Å²) < 4.78 is 0. The third kappa shape index (κ3) is 2.37. The van der Waals surface area contributed by atoms with Crippen molar-refractivity contribution in [1.29, 1.82) is 0 Å². The van der Waals surface area contributed by atoms with E-state index in [1.807, 2.05) is 0 Å². The zero-order valence-electron chi connectivity index (χ0n) is 7.97. The molecule has 15 heavy (non-hydrogen) atoms. The van der Waals surface area contributed by atoms with Crippen LogP contribution in [0.4, 0.5) is 5.82 Å². The highest BCUT2D eigenvalue weighted by Gasteiger charge is 2.33. The van der Waals surface area contributed by atoms with Crippen LogP contribution in [0.25, 0.3) is 0 Å². The molecule has 1 aliphatic carbocycles. The third-order valence-corrected chi connectivity index (χ3v) is 2.75. The Morgan fingerprint density at radius 2 is 2.07 bits per heavy atom. The van der Waals surface area contributed by atoms with Gasteiger partial charge in [0.2, 0.25) is 0 Å². The zero-order chi connectivity index (χ0) is 10.8. The number of aliphatic hydroxyl groups excluding tert-OH is 2. The number of aromatic nitrogens is 2. The average molecular weight is 230 g/mol. The van der Waals surface area contributed by atoms with Crippen molar-refractivity contribution in [3.8, 4) is 0 Å². The van der Waals surface area contributed by atoms with Crippen molar-refractivity contribution in [1.82, 2.24) is 10.2 Å². The van der Waals surface area contributed by atoms with Gasteiger partial charge in [0, 0.05) is 0 Å². The summed E-state index contributed by atoms with van der Waals surface area (Å²) in [5.41, 5.74) is 0. The molecule has 6 heteroatoms. The van der Waals surface area contributed by atoms with Crippen molar-refractivity contribution in [2.24, 2.45) is 0 Å². The van der Waals surface area contributed by atoms with Crippen LogP contribution in [0.1, 0.15) is 12.8 Å². The normalized spacial score (nSPS) is 30.5. The molecule has 0 aliphatic heterocycles. The Kier molecular flexibility index (Phi) is 3.04. The lowest BCUT2D eigenvalue weighted by molar-refractivity contribution is 0.0391. The number of hydrogen-bond donors (Lipinski definition) is 3. The highest BCUT2D eigenvalue weighted by molar-refractivity contribution is 6.29. The van der Waals surface area contributed by atoms with E-state index in [2.05, 4.69) is 15.5 Å². The highest BCUT2D eigenvalue weighted by atomic mass is 35.5. The van der Waals surface area contributed by atoms with Crippen LogP contribution < -0.4 is 5.32 Å². The van der Waals surface area contributed by atoms with Gasteiger partial charge in [0.05, 0.1) is 18.2 Å². The molecule has 5 nitrogen and oxygen atoms in total. The van der Waals surface area contributed by atoms with Crippen LogP contribution in [0.15, 0.2) is 12.1 Å². The van der Waals surface area contributed by atoms with Gasteiger partial charge in [-0.2, -0.15) is 0 Å². The molecule has 1 fully saturated rings. The summed E-state index contributed by atoms with van der Waals surface area (Å²) in [6, 6.07) is 3.14. The van der Waals surface area contributed by atoms with Gasteiger partial charge >= 0.3 is 0 Å². The van der Waals surface area contributed by atoms with Gasteiger partial charge in [-0.05, 0) is 25.0 Å². The molecule has 0 unspecified atom stereocenters. The number of anilines is 1. The fraction of sp³-hybridized carbons (Fsp3) is 0.556. The van der Waals surface area contributed by atoms with Gasteiger partial charge in [0.25, 0.3) is 0 Å². The smallest absolute Gasteiger partial charge is 0.151 e. The number of hydrogen-bond acceptors (Lipinski definition) is 5. The van der Waals surface area contributed by atoms with Gasteiger partial charge in [-0.15, -0.1) is 10.2 Å². The van der Waals surface area contributed by atoms with Gasteiger partial charge in [-0.25, -0.2) is 0 Å². The largest absolute Gasteiger partial charge is 0.390 e. The van der Waals surface area contributed by atoms with Crippen LogP contribution in [0.2, 0.25) is 5.15 Å². The van der Waals surface area contributed by atoms with Crippen molar-refractivity contribution in [2.75, 3.05) is 5.32 Å². The first-order valence-corrected chi connectivity index (χ1v) is 5.16. The number of nitrogens with zero attached hydrogens (tertiary/aromatic N) is 2. The standard InChI is InChI=1S/C9H12ClN3O2/c10-7-3-4-8(13-12-7)11-5-1-2-6(14)9(5)15/h3-6,9,14-15H,1-2H2,(H,11,13)/t5-,6-,9+/m0/s1. The van der Waals surface area contributed by atoms with E-state index in [-0.39, 0.29) is 6.04 Å². The first-order valence-electron chi connectivity index (χ1n) is 4.79. The Balaban J connectivity index is 2.00. The molecular formula is C9H12ClN3O2. The molecule has 0 bridgehead atoms. The summed E-state index contributed by atoms with van der Waals surface area (Å²) in [6.45, 7) is 0. The summed E-state index contributed by atoms with van der Waals surface area (Å²) >= 11 is 5.59. The molecule has 82 valence electrons. The van der Waals surface area contributed by atoms with E-state index in [1.54, 1.807) is 12.1 Å². The first kappa shape index (κ1) is 10.6. The van der Waals surface area contributed by atoms with E-state index in [1.165, 1.54) is 0 Å². The van der Waals surface area contributed by atoms with E-state index in [0.29, 0.717) is 23.8 Å². The average Bonchev–Trinajstić information content (AvgIpc) is 2.53. The van der Waals surface area contributed by atoms with Crippen molar-refractivity contribution in [3.63, 3.8) is 0 Å². The van der Waals surface area contributed by atoms with E-state index >= 15 is 0 Å². The number of aliphatic hydroxyl groups is 2. The lowest BCUT2D eigenvalue weighted by atomic mass is 10.2. The maximum absolute atomic E-state index is 9.59. The van der Waals surface area contributed by atoms with Crippen LogP contribution >= 0.6 is 11.6 Å². The van der Waals surface area contributed by atoms with Gasteiger partial charge in [0.15, 0.2) is 5.15 Å². The van der Waals surface area contributed by atoms with E-state index in [9.17, 15) is 10.2 Å². The Hall–Kier alpha value is -0.910. The summed E-state index contributed by atoms with van der Waals surface area (Å²) in [5.74, 6) is 0.553. The third-order valence-electron chi connectivity index (χ3n) is 2.55. The lowest BCUT2D eigenvalue weighted by Crippen LogP contribution is -2.34. The zero-order valence-corrected chi connectivity index (χ0v) is 8.72. The highest BCUT2D eigenvalue weighted by Crippen LogP contribution is 2.22. The quantitative estimate of drug-likeness (QED) is 0.685. The van der Waals surface area contributed by atoms with Crippen LogP contribution in [0.5, 0.6) is 0 Å². The summed E-state index contributed by atoms with van der Waals surface area (Å²) in [7, 11) is 0. The van der Waals surface area contributed by atoms with Crippen LogP contribution in [0.3, 0.4) is 0 Å². The molecule has 1 aromatic heterocycles. The number of nitrogens with one attached hydrogen (secondary N) is 1. The number of rotatable bonds is 2. The van der Waals surface area contributed by atoms with Crippen molar-refractivity contribution >= 4 is 17.4 Å². The Morgan fingerprint density at radius 1 is 1.27 bits per heavy atom. The Bertz CT molecular complexity index is 333. The lowest BCUT2D eigenvalue weighted by Gasteiger charge is -2.17. The van der Waals surface area contributed by atoms with Gasteiger partial charge < -0.3 is 15.5 Å². The van der Waals surface area contributed by atoms with Gasteiger partial charge in [0.1, 0.15) is 5.82 Å². The minimum atomic E-state index is -0.748. The molecule has 1 heterocycles. The molecule has 1 aliphatic rings. The molecular weight excluding hydrogens is 218 g/mol. The molecule has 3 atom stereocenters. The monoisotopic (exact) mass is 229 g/mol. The molecule has 2 rings (SSSR count). The molecule has 0 amide bonds. The van der Waals surface area contributed by atoms with Crippen LogP contribution in [-0.4, -0.2) is 38.7 Å². The van der Waals surface area contributed by atoms with Gasteiger partial charge in [-0.3, -0.25) is 0 Å². The minimum Gasteiger partial charge on any atom is -0.390 e. The van der Waals surface area contributed by atoms with Crippen molar-refractivity contribution < 1.29 is 10.2 Å². The van der Waals surface area contributed by atoms with Crippen LogP contribution in [0, 0.1) is 0 Å². The van der Waals surface area contributed by atoms with E-state index in [0.717, 1.165) is 0 Å². The molecule has 0 aromatic carbocycles. The maximum atomic E-state index is 9.59. The van der Waals surface area contributed by atoms with Gasteiger partial charge in [-0.1, -0.05) is 11.6 Å². The molecule has 0 saturated heterocycles. The molecule has 1 saturated carbocycles. The maximum Gasteiger partial charge on any atom is 0.151 e. The summed E-state index contributed by atoms with van der Waals surface area (Å²) in [5, 5.41) is 29.8. The molecule has 0 spiro atoms. The number of halogens is 1. The summed E-state index contributed by atoms with van der Waals surface area (Å²) in [4.78, 5) is 0. The fourth-order valence-electron chi connectivity index (χ4n) is 1.70. The van der Waals surface area contributed by atoms with E-state index < -0.39 is 12.2 Å². The fourth-order valence-corrected chi connectivity index (χ4v) is 1.80. The molecule has 1 aromatic rings.